The number of aromatic nitrogens is 2. The summed E-state index contributed by atoms with van der Waals surface area (Å²) >= 11 is 0. The molecule has 1 fully saturated rings. The fraction of sp³-hybridized carbons (Fsp3) is 0.583. The molecule has 2 atom stereocenters. The maximum absolute atomic E-state index is 11.8. The van der Waals surface area contributed by atoms with Gasteiger partial charge in [0.2, 0.25) is 0 Å². The largest absolute Gasteiger partial charge is 0.352 e. The maximum Gasteiger partial charge on any atom is 0.254 e. The molecule has 0 bridgehead atoms. The van der Waals surface area contributed by atoms with E-state index >= 15 is 0 Å². The van der Waals surface area contributed by atoms with Crippen molar-refractivity contribution in [2.75, 3.05) is 13.1 Å². The van der Waals surface area contributed by atoms with Crippen LogP contribution in [0, 0.1) is 11.8 Å². The van der Waals surface area contributed by atoms with Crippen LogP contribution in [0.15, 0.2) is 18.7 Å². The van der Waals surface area contributed by atoms with Gasteiger partial charge in [-0.25, -0.2) is 9.97 Å². The highest BCUT2D eigenvalue weighted by Crippen LogP contribution is 2.30. The number of carbonyl (C=O) groups excluding carboxylic acids is 1. The molecule has 5 heteroatoms. The van der Waals surface area contributed by atoms with E-state index in [0.717, 1.165) is 13.0 Å². The average molecular weight is 234 g/mol. The fourth-order valence-electron chi connectivity index (χ4n) is 2.43. The maximum atomic E-state index is 11.8. The zero-order chi connectivity index (χ0) is 12.1. The highest BCUT2D eigenvalue weighted by Gasteiger charge is 2.26. The quantitative estimate of drug-likeness (QED) is 0.798. The lowest BCUT2D eigenvalue weighted by Crippen LogP contribution is -2.32. The van der Waals surface area contributed by atoms with Crippen molar-refractivity contribution in [2.24, 2.45) is 17.6 Å². The molecule has 0 saturated heterocycles. The van der Waals surface area contributed by atoms with Crippen LogP contribution >= 0.6 is 0 Å². The van der Waals surface area contributed by atoms with Crippen molar-refractivity contribution in [3.05, 3.63) is 24.3 Å². The molecule has 17 heavy (non-hydrogen) atoms. The summed E-state index contributed by atoms with van der Waals surface area (Å²) in [6.45, 7) is 1.42. The van der Waals surface area contributed by atoms with E-state index in [0.29, 0.717) is 23.9 Å². The lowest BCUT2D eigenvalue weighted by Gasteiger charge is -2.18. The van der Waals surface area contributed by atoms with Gasteiger partial charge in [0, 0.05) is 18.9 Å². The molecule has 1 amide bonds. The number of hydrogen-bond donors (Lipinski definition) is 2. The van der Waals surface area contributed by atoms with Gasteiger partial charge in [-0.2, -0.15) is 0 Å². The number of hydrogen-bond acceptors (Lipinski definition) is 4. The van der Waals surface area contributed by atoms with E-state index in [2.05, 4.69) is 15.3 Å². The van der Waals surface area contributed by atoms with E-state index in [1.54, 1.807) is 0 Å². The Morgan fingerprint density at radius 3 is 2.76 bits per heavy atom. The summed E-state index contributed by atoms with van der Waals surface area (Å²) in [6, 6.07) is 0. The average Bonchev–Trinajstić information content (AvgIpc) is 2.84. The van der Waals surface area contributed by atoms with Crippen LogP contribution in [-0.4, -0.2) is 29.0 Å². The number of nitrogens with zero attached hydrogens (tertiary/aromatic N) is 2. The first kappa shape index (κ1) is 12.0. The van der Waals surface area contributed by atoms with E-state index in [-0.39, 0.29) is 5.91 Å². The second-order valence-corrected chi connectivity index (χ2v) is 4.52. The number of rotatable bonds is 4. The van der Waals surface area contributed by atoms with Crippen molar-refractivity contribution >= 4 is 5.91 Å². The predicted molar refractivity (Wildman–Crippen MR) is 64.3 cm³/mol. The first-order chi connectivity index (χ1) is 8.31. The van der Waals surface area contributed by atoms with Crippen LogP contribution in [0.1, 0.15) is 29.6 Å². The van der Waals surface area contributed by atoms with Gasteiger partial charge in [-0.3, -0.25) is 4.79 Å². The van der Waals surface area contributed by atoms with Crippen molar-refractivity contribution < 1.29 is 4.79 Å². The summed E-state index contributed by atoms with van der Waals surface area (Å²) in [5.41, 5.74) is 6.22. The topological polar surface area (TPSA) is 80.9 Å². The van der Waals surface area contributed by atoms with Gasteiger partial charge < -0.3 is 11.1 Å². The van der Waals surface area contributed by atoms with E-state index in [9.17, 15) is 4.79 Å². The van der Waals surface area contributed by atoms with E-state index < -0.39 is 0 Å². The fourth-order valence-corrected chi connectivity index (χ4v) is 2.43. The molecule has 1 aliphatic rings. The van der Waals surface area contributed by atoms with Crippen LogP contribution in [0.25, 0.3) is 0 Å². The molecule has 0 radical (unpaired) electrons. The first-order valence-corrected chi connectivity index (χ1v) is 6.04. The van der Waals surface area contributed by atoms with Gasteiger partial charge in [-0.05, 0) is 31.2 Å². The van der Waals surface area contributed by atoms with E-state index in [4.69, 9.17) is 5.73 Å². The first-order valence-electron chi connectivity index (χ1n) is 6.04. The third-order valence-electron chi connectivity index (χ3n) is 3.47. The van der Waals surface area contributed by atoms with Crippen LogP contribution in [-0.2, 0) is 0 Å². The molecule has 0 aliphatic heterocycles. The van der Waals surface area contributed by atoms with E-state index in [1.807, 2.05) is 0 Å². The van der Waals surface area contributed by atoms with Gasteiger partial charge in [0.25, 0.3) is 5.91 Å². The third kappa shape index (κ3) is 3.00. The van der Waals surface area contributed by atoms with Gasteiger partial charge in [0.1, 0.15) is 6.33 Å². The summed E-state index contributed by atoms with van der Waals surface area (Å²) < 4.78 is 0. The summed E-state index contributed by atoms with van der Waals surface area (Å²) in [4.78, 5) is 19.4. The van der Waals surface area contributed by atoms with Gasteiger partial charge in [-0.15, -0.1) is 0 Å². The molecule has 0 aromatic carbocycles. The number of nitrogens with two attached hydrogens (primary N) is 1. The monoisotopic (exact) mass is 234 g/mol. The minimum atomic E-state index is -0.103. The van der Waals surface area contributed by atoms with Crippen molar-refractivity contribution in [3.8, 4) is 0 Å². The summed E-state index contributed by atoms with van der Waals surface area (Å²) in [6.07, 6.45) is 8.03. The predicted octanol–water partition coefficient (Wildman–Crippen LogP) is 0.581. The molecule has 2 rings (SSSR count). The Balaban J connectivity index is 1.84. The molecule has 2 unspecified atom stereocenters. The Bertz CT molecular complexity index is 368. The molecule has 1 saturated carbocycles. The number of amides is 1. The Labute approximate surface area is 101 Å². The minimum Gasteiger partial charge on any atom is -0.352 e. The van der Waals surface area contributed by atoms with Gasteiger partial charge >= 0.3 is 0 Å². The smallest absolute Gasteiger partial charge is 0.254 e. The van der Waals surface area contributed by atoms with Crippen LogP contribution < -0.4 is 11.1 Å². The number of carbonyl (C=O) groups is 1. The second kappa shape index (κ2) is 5.72. The molecular formula is C12H18N4O. The Kier molecular flexibility index (Phi) is 4.03. The minimum absolute atomic E-state index is 0.103. The second-order valence-electron chi connectivity index (χ2n) is 4.52. The Morgan fingerprint density at radius 1 is 1.35 bits per heavy atom. The van der Waals surface area contributed by atoms with Gasteiger partial charge in [0.05, 0.1) is 5.56 Å². The molecule has 1 aliphatic carbocycles. The normalized spacial score (nSPS) is 23.6. The highest BCUT2D eigenvalue weighted by molar-refractivity contribution is 5.93. The van der Waals surface area contributed by atoms with Crippen molar-refractivity contribution in [2.45, 2.75) is 19.3 Å². The standard InChI is InChI=1S/C12H18N4O/c13-4-9-2-1-3-10(9)7-16-12(17)11-5-14-8-15-6-11/h5-6,8-10H,1-4,7,13H2,(H,16,17). The molecule has 92 valence electrons. The van der Waals surface area contributed by atoms with E-state index in [1.165, 1.54) is 31.6 Å². The summed E-state index contributed by atoms with van der Waals surface area (Å²) in [5.74, 6) is 0.976. The van der Waals surface area contributed by atoms with Gasteiger partial charge in [0.15, 0.2) is 0 Å². The zero-order valence-corrected chi connectivity index (χ0v) is 9.80. The Hall–Kier alpha value is -1.49. The molecule has 5 nitrogen and oxygen atoms in total. The number of nitrogens with one attached hydrogen (secondary N) is 1. The zero-order valence-electron chi connectivity index (χ0n) is 9.80. The van der Waals surface area contributed by atoms with Crippen LogP contribution in [0.5, 0.6) is 0 Å². The molecule has 1 aromatic heterocycles. The van der Waals surface area contributed by atoms with Crippen LogP contribution in [0.3, 0.4) is 0 Å². The molecule has 3 N–H and O–H groups in total. The van der Waals surface area contributed by atoms with Gasteiger partial charge in [-0.1, -0.05) is 6.42 Å². The summed E-state index contributed by atoms with van der Waals surface area (Å²) in [5, 5.41) is 2.93. The van der Waals surface area contributed by atoms with Crippen LogP contribution in [0.4, 0.5) is 0 Å². The molecule has 1 heterocycles. The SMILES string of the molecule is NCC1CCCC1CNC(=O)c1cncnc1. The van der Waals surface area contributed by atoms with Crippen molar-refractivity contribution in [3.63, 3.8) is 0 Å². The third-order valence-corrected chi connectivity index (χ3v) is 3.47. The summed E-state index contributed by atoms with van der Waals surface area (Å²) in [7, 11) is 0. The highest BCUT2D eigenvalue weighted by atomic mass is 16.1. The van der Waals surface area contributed by atoms with Crippen molar-refractivity contribution in [1.29, 1.82) is 0 Å². The van der Waals surface area contributed by atoms with Crippen molar-refractivity contribution in [1.82, 2.24) is 15.3 Å². The lowest BCUT2D eigenvalue weighted by atomic mass is 9.96. The molecular weight excluding hydrogens is 216 g/mol. The lowest BCUT2D eigenvalue weighted by molar-refractivity contribution is 0.0943. The molecule has 0 spiro atoms. The van der Waals surface area contributed by atoms with Crippen LogP contribution in [0.2, 0.25) is 0 Å². The Morgan fingerprint density at radius 2 is 2.06 bits per heavy atom. The molecule has 1 aromatic rings.